The van der Waals surface area contributed by atoms with Crippen molar-refractivity contribution >= 4 is 36.6 Å². The highest BCUT2D eigenvalue weighted by atomic mass is 79.9. The lowest BCUT2D eigenvalue weighted by molar-refractivity contribution is 0.597. The SMILES string of the molecule is CCS(=O)CCS(=O)(=O)c1ccc(Br)cc1. The lowest BCUT2D eigenvalue weighted by Crippen LogP contribution is -2.14. The second-order valence-electron chi connectivity index (χ2n) is 3.21. The van der Waals surface area contributed by atoms with Gasteiger partial charge in [-0.3, -0.25) is 4.21 Å². The maximum atomic E-state index is 11.8. The summed E-state index contributed by atoms with van der Waals surface area (Å²) in [5.41, 5.74) is 0. The van der Waals surface area contributed by atoms with Gasteiger partial charge in [-0.05, 0) is 24.3 Å². The van der Waals surface area contributed by atoms with Gasteiger partial charge < -0.3 is 0 Å². The molecule has 0 aliphatic carbocycles. The molecule has 1 aromatic carbocycles. The van der Waals surface area contributed by atoms with Gasteiger partial charge in [0.15, 0.2) is 9.84 Å². The van der Waals surface area contributed by atoms with E-state index in [1.54, 1.807) is 31.2 Å². The third-order valence-electron chi connectivity index (χ3n) is 2.07. The molecule has 0 radical (unpaired) electrons. The first kappa shape index (κ1) is 13.9. The van der Waals surface area contributed by atoms with E-state index in [0.717, 1.165) is 4.47 Å². The van der Waals surface area contributed by atoms with Crippen molar-refractivity contribution in [3.63, 3.8) is 0 Å². The molecule has 0 fully saturated rings. The lowest BCUT2D eigenvalue weighted by atomic mass is 10.4. The zero-order chi connectivity index (χ0) is 12.2. The van der Waals surface area contributed by atoms with Crippen molar-refractivity contribution in [1.29, 1.82) is 0 Å². The van der Waals surface area contributed by atoms with Crippen molar-refractivity contribution in [1.82, 2.24) is 0 Å². The highest BCUT2D eigenvalue weighted by molar-refractivity contribution is 9.10. The molecule has 1 rings (SSSR count). The molecule has 0 saturated heterocycles. The van der Waals surface area contributed by atoms with Crippen LogP contribution in [0.4, 0.5) is 0 Å². The summed E-state index contributed by atoms with van der Waals surface area (Å²) in [7, 11) is -4.34. The molecule has 3 nitrogen and oxygen atoms in total. The minimum Gasteiger partial charge on any atom is -0.260 e. The van der Waals surface area contributed by atoms with Crippen molar-refractivity contribution in [2.75, 3.05) is 17.3 Å². The van der Waals surface area contributed by atoms with Crippen LogP contribution in [-0.4, -0.2) is 29.9 Å². The summed E-state index contributed by atoms with van der Waals surface area (Å²) in [5.74, 6) is 0.639. The van der Waals surface area contributed by atoms with Crippen LogP contribution in [-0.2, 0) is 20.6 Å². The smallest absolute Gasteiger partial charge is 0.179 e. The van der Waals surface area contributed by atoms with Crippen molar-refractivity contribution in [2.24, 2.45) is 0 Å². The quantitative estimate of drug-likeness (QED) is 0.832. The van der Waals surface area contributed by atoms with E-state index in [9.17, 15) is 12.6 Å². The molecule has 0 amide bonds. The molecule has 1 aromatic rings. The highest BCUT2D eigenvalue weighted by Gasteiger charge is 2.15. The fourth-order valence-electron chi connectivity index (χ4n) is 1.11. The van der Waals surface area contributed by atoms with E-state index >= 15 is 0 Å². The van der Waals surface area contributed by atoms with E-state index in [0.29, 0.717) is 5.75 Å². The Labute approximate surface area is 107 Å². The molecule has 0 aliphatic rings. The summed E-state index contributed by atoms with van der Waals surface area (Å²) >= 11 is 3.24. The maximum absolute atomic E-state index is 11.8. The van der Waals surface area contributed by atoms with Gasteiger partial charge in [-0.15, -0.1) is 0 Å². The Bertz CT molecular complexity index is 465. The lowest BCUT2D eigenvalue weighted by Gasteiger charge is -2.03. The highest BCUT2D eigenvalue weighted by Crippen LogP contribution is 2.15. The Morgan fingerprint density at radius 3 is 2.31 bits per heavy atom. The maximum Gasteiger partial charge on any atom is 0.179 e. The Morgan fingerprint density at radius 1 is 1.25 bits per heavy atom. The molecule has 0 heterocycles. The number of hydrogen-bond donors (Lipinski definition) is 0. The van der Waals surface area contributed by atoms with E-state index in [2.05, 4.69) is 15.9 Å². The van der Waals surface area contributed by atoms with Gasteiger partial charge in [0.2, 0.25) is 0 Å². The van der Waals surface area contributed by atoms with Gasteiger partial charge >= 0.3 is 0 Å². The van der Waals surface area contributed by atoms with E-state index in [-0.39, 0.29) is 16.4 Å². The minimum absolute atomic E-state index is 0.0604. The van der Waals surface area contributed by atoms with Crippen molar-refractivity contribution in [3.8, 4) is 0 Å². The van der Waals surface area contributed by atoms with Crippen molar-refractivity contribution in [3.05, 3.63) is 28.7 Å². The Hall–Kier alpha value is -0.200. The van der Waals surface area contributed by atoms with Gasteiger partial charge in [0.05, 0.1) is 10.6 Å². The van der Waals surface area contributed by atoms with Crippen LogP contribution in [0.3, 0.4) is 0 Å². The normalized spacial score (nSPS) is 13.6. The fraction of sp³-hybridized carbons (Fsp3) is 0.400. The summed E-state index contributed by atoms with van der Waals surface area (Å²) in [5, 5.41) is 0. The number of sulfone groups is 1. The van der Waals surface area contributed by atoms with Crippen LogP contribution < -0.4 is 0 Å². The Kier molecular flexibility index (Phi) is 5.14. The molecule has 0 spiro atoms. The van der Waals surface area contributed by atoms with Gasteiger partial charge in [-0.2, -0.15) is 0 Å². The Morgan fingerprint density at radius 2 is 1.81 bits per heavy atom. The second-order valence-corrected chi connectivity index (χ2v) is 8.10. The van der Waals surface area contributed by atoms with Gasteiger partial charge in [-0.1, -0.05) is 22.9 Å². The van der Waals surface area contributed by atoms with Crippen molar-refractivity contribution < 1.29 is 12.6 Å². The zero-order valence-electron chi connectivity index (χ0n) is 8.85. The standard InChI is InChI=1S/C10H13BrO3S2/c1-2-15(12)7-8-16(13,14)10-5-3-9(11)4-6-10/h3-6H,2,7-8H2,1H3. The third-order valence-corrected chi connectivity index (χ3v) is 5.90. The first-order valence-corrected chi connectivity index (χ1v) is 8.72. The van der Waals surface area contributed by atoms with Gasteiger partial charge in [0.1, 0.15) is 0 Å². The largest absolute Gasteiger partial charge is 0.260 e. The summed E-state index contributed by atoms with van der Waals surface area (Å²) in [4.78, 5) is 0.281. The molecule has 0 saturated carbocycles. The van der Waals surface area contributed by atoms with Crippen LogP contribution >= 0.6 is 15.9 Å². The molecule has 0 aliphatic heterocycles. The molecule has 0 aromatic heterocycles. The number of rotatable bonds is 5. The zero-order valence-corrected chi connectivity index (χ0v) is 12.1. The van der Waals surface area contributed by atoms with Crippen LogP contribution in [0.2, 0.25) is 0 Å². The van der Waals surface area contributed by atoms with Gasteiger partial charge in [0, 0.05) is 26.8 Å². The van der Waals surface area contributed by atoms with Gasteiger partial charge in [0.25, 0.3) is 0 Å². The van der Waals surface area contributed by atoms with Crippen LogP contribution in [0.15, 0.2) is 33.6 Å². The third kappa shape index (κ3) is 3.99. The number of halogens is 1. The summed E-state index contributed by atoms with van der Waals surface area (Å²) in [6.45, 7) is 1.78. The molecule has 1 atom stereocenters. The van der Waals surface area contributed by atoms with E-state index in [1.165, 1.54) is 0 Å². The monoisotopic (exact) mass is 324 g/mol. The topological polar surface area (TPSA) is 51.2 Å². The van der Waals surface area contributed by atoms with Gasteiger partial charge in [-0.25, -0.2) is 8.42 Å². The summed E-state index contributed by atoms with van der Waals surface area (Å²) in [6, 6.07) is 6.47. The average molecular weight is 325 g/mol. The molecular weight excluding hydrogens is 312 g/mol. The molecule has 16 heavy (non-hydrogen) atoms. The molecule has 90 valence electrons. The number of hydrogen-bond acceptors (Lipinski definition) is 3. The first-order valence-electron chi connectivity index (χ1n) is 4.79. The van der Waals surface area contributed by atoms with Crippen LogP contribution in [0, 0.1) is 0 Å². The summed E-state index contributed by atoms with van der Waals surface area (Å²) in [6.07, 6.45) is 0. The molecular formula is C10H13BrO3S2. The fourth-order valence-corrected chi connectivity index (χ4v) is 4.07. The number of benzene rings is 1. The predicted octanol–water partition coefficient (Wildman–Crippen LogP) is 1.99. The minimum atomic E-state index is -3.30. The second kappa shape index (κ2) is 5.93. The van der Waals surface area contributed by atoms with E-state index < -0.39 is 20.6 Å². The molecule has 6 heteroatoms. The van der Waals surface area contributed by atoms with Crippen LogP contribution in [0.25, 0.3) is 0 Å². The van der Waals surface area contributed by atoms with E-state index in [1.807, 2.05) is 0 Å². The van der Waals surface area contributed by atoms with Crippen molar-refractivity contribution in [2.45, 2.75) is 11.8 Å². The average Bonchev–Trinajstić information content (AvgIpc) is 2.26. The van der Waals surface area contributed by atoms with Crippen LogP contribution in [0.5, 0.6) is 0 Å². The first-order chi connectivity index (χ1) is 7.45. The molecule has 0 bridgehead atoms. The molecule has 0 N–H and O–H groups in total. The molecule has 1 unspecified atom stereocenters. The van der Waals surface area contributed by atoms with E-state index in [4.69, 9.17) is 0 Å². The Balaban J connectivity index is 2.78. The predicted molar refractivity (Wildman–Crippen MR) is 69.7 cm³/mol. The summed E-state index contributed by atoms with van der Waals surface area (Å²) < 4.78 is 35.6. The van der Waals surface area contributed by atoms with Crippen LogP contribution in [0.1, 0.15) is 6.92 Å².